The summed E-state index contributed by atoms with van der Waals surface area (Å²) in [6, 6.07) is 0. The van der Waals surface area contributed by atoms with Gasteiger partial charge in [0.25, 0.3) is 0 Å². The normalized spacial score (nSPS) is 35.0. The summed E-state index contributed by atoms with van der Waals surface area (Å²) in [7, 11) is -0.367. The number of hydrogen-bond acceptors (Lipinski definition) is 3. The number of fused-ring (bicyclic) bond motifs is 2. The summed E-state index contributed by atoms with van der Waals surface area (Å²) in [5, 5.41) is 0.163. The zero-order valence-corrected chi connectivity index (χ0v) is 16.0. The number of ether oxygens (including phenoxy) is 1. The van der Waals surface area contributed by atoms with Crippen LogP contribution in [0.25, 0.3) is 0 Å². The summed E-state index contributed by atoms with van der Waals surface area (Å²) >= 11 is 0. The van der Waals surface area contributed by atoms with E-state index in [4.69, 9.17) is 9.16 Å². The van der Waals surface area contributed by atoms with Crippen molar-refractivity contribution in [3.8, 4) is 0 Å². The highest BCUT2D eigenvalue weighted by Crippen LogP contribution is 2.67. The molecule has 2 bridgehead atoms. The molecule has 0 heterocycles. The molecule has 0 amide bonds. The maximum atomic E-state index is 12.7. The number of carbonyl (C=O) groups is 1. The van der Waals surface area contributed by atoms with Crippen molar-refractivity contribution in [2.24, 2.45) is 16.7 Å². The third kappa shape index (κ3) is 2.21. The van der Waals surface area contributed by atoms with E-state index in [1.807, 2.05) is 0 Å². The zero-order valence-electron chi connectivity index (χ0n) is 15.0. The third-order valence-electron chi connectivity index (χ3n) is 6.90. The second-order valence-electron chi connectivity index (χ2n) is 9.02. The average Bonchev–Trinajstić information content (AvgIpc) is 2.71. The first kappa shape index (κ1) is 17.0. The molecule has 4 heteroatoms. The van der Waals surface area contributed by atoms with Crippen LogP contribution in [0.15, 0.2) is 0 Å². The van der Waals surface area contributed by atoms with Crippen LogP contribution in [0.4, 0.5) is 0 Å². The second kappa shape index (κ2) is 4.82. The first-order chi connectivity index (χ1) is 9.40. The number of methoxy groups -OCH3 is 1. The predicted octanol–water partition coefficient (Wildman–Crippen LogP) is 4.38. The Labute approximate surface area is 130 Å². The van der Waals surface area contributed by atoms with Crippen molar-refractivity contribution >= 4 is 14.3 Å². The number of rotatable bonds is 3. The minimum absolute atomic E-state index is 0.0207. The maximum Gasteiger partial charge on any atom is 0.314 e. The molecule has 0 saturated heterocycles. The van der Waals surface area contributed by atoms with E-state index in [2.05, 4.69) is 47.7 Å². The Morgan fingerprint density at radius 2 is 1.81 bits per heavy atom. The molecular weight excluding hydrogens is 280 g/mol. The van der Waals surface area contributed by atoms with Gasteiger partial charge >= 0.3 is 5.97 Å². The fourth-order valence-corrected chi connectivity index (χ4v) is 5.62. The van der Waals surface area contributed by atoms with Gasteiger partial charge in [0.05, 0.1) is 18.6 Å². The van der Waals surface area contributed by atoms with Crippen LogP contribution in [-0.2, 0) is 14.0 Å². The van der Waals surface area contributed by atoms with E-state index in [1.165, 1.54) is 7.11 Å². The molecule has 0 aromatic rings. The number of esters is 1. The molecule has 0 aromatic heterocycles. The van der Waals surface area contributed by atoms with Gasteiger partial charge < -0.3 is 9.16 Å². The highest BCUT2D eigenvalue weighted by molar-refractivity contribution is 6.74. The van der Waals surface area contributed by atoms with Gasteiger partial charge in [-0.2, -0.15) is 0 Å². The highest BCUT2D eigenvalue weighted by Gasteiger charge is 2.70. The van der Waals surface area contributed by atoms with Crippen LogP contribution < -0.4 is 0 Å². The quantitative estimate of drug-likeness (QED) is 0.573. The van der Waals surface area contributed by atoms with Crippen molar-refractivity contribution in [1.82, 2.24) is 0 Å². The van der Waals surface area contributed by atoms with Crippen LogP contribution in [-0.4, -0.2) is 27.5 Å². The van der Waals surface area contributed by atoms with Crippen molar-refractivity contribution in [1.29, 1.82) is 0 Å². The molecule has 0 radical (unpaired) electrons. The van der Waals surface area contributed by atoms with Crippen molar-refractivity contribution in [3.05, 3.63) is 0 Å². The Morgan fingerprint density at radius 3 is 2.24 bits per heavy atom. The van der Waals surface area contributed by atoms with Gasteiger partial charge in [-0.1, -0.05) is 34.6 Å². The lowest BCUT2D eigenvalue weighted by molar-refractivity contribution is -0.164. The molecule has 0 spiro atoms. The lowest BCUT2D eigenvalue weighted by Crippen LogP contribution is -2.53. The standard InChI is InChI=1S/C17H32O3Si/c1-15(2,3)21(7,8)20-13-11-12-9-10-17(13,14(18)19-6)16(12,4)5/h12-13H,9-11H2,1-8H3/t12-,13-,17+/m0/s1. The van der Waals surface area contributed by atoms with E-state index in [9.17, 15) is 4.79 Å². The topological polar surface area (TPSA) is 35.5 Å². The molecule has 0 aromatic carbocycles. The van der Waals surface area contributed by atoms with Crippen molar-refractivity contribution in [2.75, 3.05) is 7.11 Å². The third-order valence-corrected chi connectivity index (χ3v) is 11.4. The monoisotopic (exact) mass is 312 g/mol. The SMILES string of the molecule is COC(=O)[C@@]12CC[C@@H](C[C@@H]1O[Si](C)(C)C(C)(C)C)C2(C)C. The van der Waals surface area contributed by atoms with Crippen LogP contribution in [0.5, 0.6) is 0 Å². The first-order valence-corrected chi connectivity index (χ1v) is 11.1. The molecule has 0 unspecified atom stereocenters. The Hall–Kier alpha value is -0.353. The summed E-state index contributed by atoms with van der Waals surface area (Å²) in [5.74, 6) is 0.516. The van der Waals surface area contributed by atoms with Gasteiger partial charge in [-0.25, -0.2) is 0 Å². The van der Waals surface area contributed by atoms with E-state index in [0.29, 0.717) is 5.92 Å². The summed E-state index contributed by atoms with van der Waals surface area (Å²) in [5.41, 5.74) is -0.463. The Kier molecular flexibility index (Phi) is 3.90. The fraction of sp³-hybridized carbons (Fsp3) is 0.941. The molecule has 2 fully saturated rings. The molecule has 21 heavy (non-hydrogen) atoms. The zero-order chi connectivity index (χ0) is 16.3. The molecule has 3 nitrogen and oxygen atoms in total. The van der Waals surface area contributed by atoms with Gasteiger partial charge in [-0.3, -0.25) is 4.79 Å². The minimum atomic E-state index is -1.88. The van der Waals surface area contributed by atoms with Gasteiger partial charge in [0.1, 0.15) is 0 Å². The fourth-order valence-electron chi connectivity index (χ4n) is 4.26. The van der Waals surface area contributed by atoms with Crippen LogP contribution in [0.3, 0.4) is 0 Å². The molecular formula is C17H32O3Si. The van der Waals surface area contributed by atoms with Crippen LogP contribution in [0.1, 0.15) is 53.9 Å². The molecule has 2 aliphatic rings. The van der Waals surface area contributed by atoms with Gasteiger partial charge in [0, 0.05) is 0 Å². The van der Waals surface area contributed by atoms with Gasteiger partial charge in [-0.05, 0) is 48.7 Å². The van der Waals surface area contributed by atoms with Gasteiger partial charge in [0.15, 0.2) is 8.32 Å². The molecule has 2 aliphatic carbocycles. The molecule has 3 atom stereocenters. The Bertz CT molecular complexity index is 436. The predicted molar refractivity (Wildman–Crippen MR) is 87.6 cm³/mol. The number of carbonyl (C=O) groups excluding carboxylic acids is 1. The van der Waals surface area contributed by atoms with Crippen molar-refractivity contribution in [3.63, 3.8) is 0 Å². The van der Waals surface area contributed by atoms with Crippen LogP contribution in [0.2, 0.25) is 18.1 Å². The minimum Gasteiger partial charge on any atom is -0.469 e. The highest BCUT2D eigenvalue weighted by atomic mass is 28.4. The molecule has 0 aliphatic heterocycles. The largest absolute Gasteiger partial charge is 0.469 e. The summed E-state index contributed by atoms with van der Waals surface area (Å²) in [6.45, 7) is 15.8. The van der Waals surface area contributed by atoms with Crippen LogP contribution in [0, 0.1) is 16.7 Å². The summed E-state index contributed by atoms with van der Waals surface area (Å²) in [4.78, 5) is 12.7. The lowest BCUT2D eigenvalue weighted by atomic mass is 9.68. The smallest absolute Gasteiger partial charge is 0.314 e. The first-order valence-electron chi connectivity index (χ1n) is 8.16. The summed E-state index contributed by atoms with van der Waals surface area (Å²) < 4.78 is 11.9. The molecule has 2 rings (SSSR count). The molecule has 2 saturated carbocycles. The van der Waals surface area contributed by atoms with Gasteiger partial charge in [-0.15, -0.1) is 0 Å². The van der Waals surface area contributed by atoms with E-state index < -0.39 is 13.7 Å². The Balaban J connectivity index is 2.36. The van der Waals surface area contributed by atoms with E-state index >= 15 is 0 Å². The molecule has 0 N–H and O–H groups in total. The van der Waals surface area contributed by atoms with Crippen molar-refractivity contribution in [2.45, 2.75) is 78.1 Å². The van der Waals surface area contributed by atoms with Gasteiger partial charge in [0.2, 0.25) is 0 Å². The van der Waals surface area contributed by atoms with E-state index in [1.54, 1.807) is 0 Å². The summed E-state index contributed by atoms with van der Waals surface area (Å²) in [6.07, 6.45) is 3.07. The van der Waals surface area contributed by atoms with Crippen molar-refractivity contribution < 1.29 is 14.0 Å². The van der Waals surface area contributed by atoms with E-state index in [0.717, 1.165) is 19.3 Å². The van der Waals surface area contributed by atoms with Crippen LogP contribution >= 0.6 is 0 Å². The lowest BCUT2D eigenvalue weighted by Gasteiger charge is -2.45. The second-order valence-corrected chi connectivity index (χ2v) is 13.8. The average molecular weight is 313 g/mol. The molecule has 122 valence electrons. The Morgan fingerprint density at radius 1 is 1.24 bits per heavy atom. The number of hydrogen-bond donors (Lipinski definition) is 0. The van der Waals surface area contributed by atoms with E-state index in [-0.39, 0.29) is 22.5 Å². The maximum absolute atomic E-state index is 12.7.